The fourth-order valence-corrected chi connectivity index (χ4v) is 8.92. The van der Waals surface area contributed by atoms with E-state index in [1.54, 1.807) is 25.3 Å². The molecule has 2 heterocycles. The minimum absolute atomic E-state index is 0. The van der Waals surface area contributed by atoms with E-state index in [-0.39, 0.29) is 90.1 Å². The van der Waals surface area contributed by atoms with Crippen molar-refractivity contribution in [3.05, 3.63) is 82.5 Å². The number of nitrogens with zero attached hydrogens (tertiary/aromatic N) is 1. The van der Waals surface area contributed by atoms with Crippen LogP contribution in [0, 0.1) is 34.9 Å². The number of pyridine rings is 1. The van der Waals surface area contributed by atoms with Crippen molar-refractivity contribution < 1.29 is 83.0 Å². The predicted octanol–water partition coefficient (Wildman–Crippen LogP) is 5.14. The second-order valence-electron chi connectivity index (χ2n) is 19.0. The summed E-state index contributed by atoms with van der Waals surface area (Å²) in [6.07, 6.45) is 9.88. The van der Waals surface area contributed by atoms with Gasteiger partial charge in [0.25, 0.3) is 0 Å². The Balaban J connectivity index is 0.000000336. The van der Waals surface area contributed by atoms with E-state index in [2.05, 4.69) is 45.9 Å². The number of rotatable bonds is 17. The number of aliphatic carboxylic acids is 1. The number of carbonyl (C=O) groups excluding carboxylic acids is 3. The van der Waals surface area contributed by atoms with Gasteiger partial charge >= 0.3 is 41.5 Å². The third kappa shape index (κ3) is 15.2. The predicted molar refractivity (Wildman–Crippen MR) is 239 cm³/mol. The Hall–Kier alpha value is -3.23. The van der Waals surface area contributed by atoms with Crippen molar-refractivity contribution in [2.75, 3.05) is 7.11 Å². The summed E-state index contributed by atoms with van der Waals surface area (Å²) in [6, 6.07) is 6.20. The summed E-state index contributed by atoms with van der Waals surface area (Å²) in [4.78, 5) is 40.2. The number of carbonyl (C=O) groups is 3. The molecule has 2 aromatic rings. The van der Waals surface area contributed by atoms with Crippen LogP contribution in [0.3, 0.4) is 0 Å². The normalized spacial score (nSPS) is 24.2. The molecule has 1 aromatic heterocycles. The summed E-state index contributed by atoms with van der Waals surface area (Å²) in [6.45, 7) is 18.8. The largest absolute Gasteiger partial charge is 1.00 e. The van der Waals surface area contributed by atoms with Gasteiger partial charge in [-0.3, -0.25) is 14.6 Å². The molecule has 2 aliphatic carbocycles. The van der Waals surface area contributed by atoms with Crippen LogP contribution in [0.2, 0.25) is 0 Å². The first-order valence-electron chi connectivity index (χ1n) is 22.7. The smallest absolute Gasteiger partial charge is 0.550 e. The SMILES string of the molecule is CCC(C)(C)C(=O)O[C@H]1C[C@@H](C)C=C2C=C[C@H](C)[C@H](CC[C@@H]3C[C@@H](O)CC(=O)O3)[C@H]21.COCc1c(C(C)C)nc(C(C)C)c(/C=C/[C@@H](O)C[C@@H](O)CC(=O)[O-])c1-c1ccc(F)cc1.[Na+]. The average molecular weight is 900 g/mol. The number of methoxy groups -OCH3 is 1. The summed E-state index contributed by atoms with van der Waals surface area (Å²) in [5, 5.41) is 40.8. The molecule has 1 saturated heterocycles. The van der Waals surface area contributed by atoms with Gasteiger partial charge in [-0.15, -0.1) is 0 Å². The number of cyclic esters (lactones) is 1. The Morgan fingerprint density at radius 3 is 2.28 bits per heavy atom. The number of hydrogen-bond donors (Lipinski definition) is 3. The topological polar surface area (TPSA) is 176 Å². The first kappa shape index (κ1) is 55.1. The number of allylic oxidation sites excluding steroid dienone is 3. The van der Waals surface area contributed by atoms with Crippen LogP contribution in [0.25, 0.3) is 17.2 Å². The monoisotopic (exact) mass is 899 g/mol. The Labute approximate surface area is 402 Å². The standard InChI is InChI=1S/C26H34FNO5.C25H38O5.Na/c1-15(2)25-21(11-10-19(29)12-20(30)13-23(31)32)24(17-6-8-18(27)9-7-17)22(14-33-5)26(28-25)16(3)4;1-6-25(4,5)24(28)30-21-12-15(2)11-17-8-7-16(3)20(23(17)21)10-9-19-13-18(26)14-22(27)29-19;/h6-11,15-16,19-20,29-30H,12-14H2,1-5H3,(H,31,32);7-8,11,15-16,18-21,23,26H,6,9-10,12-14H2,1-5H3;/q;;+1/p-1/b11-10+;;/t19-,20-;15-,16-,18+,19+,20-,21-,23-;/m10./s1. The number of carboxylic acid groups (broad SMARTS) is 1. The maximum atomic E-state index is 13.7. The van der Waals surface area contributed by atoms with Gasteiger partial charge in [-0.2, -0.15) is 0 Å². The molecule has 0 saturated carbocycles. The quantitative estimate of drug-likeness (QED) is 0.142. The molecule has 0 spiro atoms. The molecule has 9 atom stereocenters. The molecule has 0 unspecified atom stereocenters. The second-order valence-corrected chi connectivity index (χ2v) is 19.0. The van der Waals surface area contributed by atoms with E-state index in [1.807, 2.05) is 34.6 Å². The van der Waals surface area contributed by atoms with Gasteiger partial charge in [0.15, 0.2) is 0 Å². The van der Waals surface area contributed by atoms with Crippen molar-refractivity contribution in [2.24, 2.45) is 29.1 Å². The number of benzene rings is 1. The summed E-state index contributed by atoms with van der Waals surface area (Å²) < 4.78 is 30.8. The number of esters is 2. The van der Waals surface area contributed by atoms with Crippen LogP contribution in [0.4, 0.5) is 4.39 Å². The molecule has 64 heavy (non-hydrogen) atoms. The zero-order valence-electron chi connectivity index (χ0n) is 39.9. The number of fused-ring (bicyclic) bond motifs is 1. The zero-order chi connectivity index (χ0) is 46.8. The average Bonchev–Trinajstić information content (AvgIpc) is 3.19. The molecular weight excluding hydrogens is 829 g/mol. The van der Waals surface area contributed by atoms with Crippen LogP contribution in [0.1, 0.15) is 148 Å². The first-order chi connectivity index (χ1) is 29.6. The van der Waals surface area contributed by atoms with E-state index in [0.717, 1.165) is 59.3 Å². The number of hydrogen-bond acceptors (Lipinski definition) is 11. The van der Waals surface area contributed by atoms with Gasteiger partial charge in [0.1, 0.15) is 18.0 Å². The van der Waals surface area contributed by atoms with Crippen molar-refractivity contribution in [2.45, 2.75) is 163 Å². The van der Waals surface area contributed by atoms with E-state index >= 15 is 0 Å². The molecule has 0 radical (unpaired) electrons. The number of halogens is 1. The number of carboxylic acids is 1. The van der Waals surface area contributed by atoms with Crippen molar-refractivity contribution in [1.29, 1.82) is 0 Å². The number of aliphatic hydroxyl groups is 3. The van der Waals surface area contributed by atoms with Gasteiger partial charge < -0.3 is 39.4 Å². The van der Waals surface area contributed by atoms with Gasteiger partial charge in [0, 0.05) is 55.1 Å². The Bertz CT molecular complexity index is 1960. The van der Waals surface area contributed by atoms with Crippen LogP contribution >= 0.6 is 0 Å². The molecule has 348 valence electrons. The molecule has 13 heteroatoms. The van der Waals surface area contributed by atoms with Gasteiger partial charge in [-0.25, -0.2) is 4.39 Å². The van der Waals surface area contributed by atoms with Crippen LogP contribution in [-0.4, -0.2) is 75.8 Å². The van der Waals surface area contributed by atoms with Gasteiger partial charge in [0.05, 0.1) is 42.4 Å². The van der Waals surface area contributed by atoms with Crippen molar-refractivity contribution in [3.8, 4) is 11.1 Å². The zero-order valence-corrected chi connectivity index (χ0v) is 41.9. The minimum Gasteiger partial charge on any atom is -0.550 e. The number of ether oxygens (including phenoxy) is 3. The number of aromatic nitrogens is 1. The molecule has 5 rings (SSSR count). The Kier molecular flexibility index (Phi) is 21.6. The maximum Gasteiger partial charge on any atom is 1.00 e. The molecule has 1 aromatic carbocycles. The van der Waals surface area contributed by atoms with Gasteiger partial charge in [-0.1, -0.05) is 91.0 Å². The summed E-state index contributed by atoms with van der Waals surface area (Å²) in [5.74, 6) is -0.771. The third-order valence-corrected chi connectivity index (χ3v) is 12.7. The van der Waals surface area contributed by atoms with E-state index in [0.29, 0.717) is 30.8 Å². The molecule has 1 fully saturated rings. The molecule has 0 bridgehead atoms. The van der Waals surface area contributed by atoms with E-state index < -0.39 is 36.1 Å². The molecular formula is C51H71FNNaO10. The number of aliphatic hydroxyl groups excluding tert-OH is 3. The first-order valence-corrected chi connectivity index (χ1v) is 22.7. The van der Waals surface area contributed by atoms with Crippen molar-refractivity contribution in [1.82, 2.24) is 4.98 Å². The van der Waals surface area contributed by atoms with Crippen molar-refractivity contribution in [3.63, 3.8) is 0 Å². The maximum absolute atomic E-state index is 13.7. The summed E-state index contributed by atoms with van der Waals surface area (Å²) in [7, 11) is 1.60. The Morgan fingerprint density at radius 2 is 1.70 bits per heavy atom. The molecule has 3 N–H and O–H groups in total. The second kappa shape index (κ2) is 25.1. The molecule has 0 amide bonds. The van der Waals surface area contributed by atoms with Gasteiger partial charge in [0.2, 0.25) is 0 Å². The van der Waals surface area contributed by atoms with E-state index in [9.17, 15) is 39.2 Å². The van der Waals surface area contributed by atoms with Crippen LogP contribution in [0.5, 0.6) is 0 Å². The fraction of sp³-hybridized carbons (Fsp3) is 0.608. The van der Waals surface area contributed by atoms with E-state index in [4.69, 9.17) is 19.2 Å². The summed E-state index contributed by atoms with van der Waals surface area (Å²) in [5.41, 5.74) is 5.78. The molecule has 11 nitrogen and oxygen atoms in total. The minimum atomic E-state index is -1.38. The van der Waals surface area contributed by atoms with E-state index in [1.165, 1.54) is 23.8 Å². The van der Waals surface area contributed by atoms with Crippen LogP contribution in [0.15, 0.2) is 54.1 Å². The van der Waals surface area contributed by atoms with Crippen LogP contribution < -0.4 is 34.7 Å². The van der Waals surface area contributed by atoms with Crippen molar-refractivity contribution >= 4 is 24.0 Å². The molecule has 3 aliphatic rings. The fourth-order valence-electron chi connectivity index (χ4n) is 8.92. The third-order valence-electron chi connectivity index (χ3n) is 12.7. The Morgan fingerprint density at radius 1 is 1.05 bits per heavy atom. The summed E-state index contributed by atoms with van der Waals surface area (Å²) >= 11 is 0. The van der Waals surface area contributed by atoms with Gasteiger partial charge in [-0.05, 0) is 98.0 Å². The molecule has 1 aliphatic heterocycles. The van der Waals surface area contributed by atoms with Crippen LogP contribution in [-0.2, 0) is 35.2 Å².